The number of imide groups is 1. The lowest BCUT2D eigenvalue weighted by molar-refractivity contribution is -0.172. The first-order valence-electron chi connectivity index (χ1n) is 13.5. The van der Waals surface area contributed by atoms with Gasteiger partial charge < -0.3 is 14.4 Å². The van der Waals surface area contributed by atoms with Crippen molar-refractivity contribution in [2.45, 2.75) is 51.0 Å². The topological polar surface area (TPSA) is 119 Å². The number of pyridine rings is 2. The molecule has 10 heteroatoms. The van der Waals surface area contributed by atoms with Crippen LogP contribution in [0.3, 0.4) is 0 Å². The van der Waals surface area contributed by atoms with Crippen LogP contribution >= 0.6 is 0 Å². The van der Waals surface area contributed by atoms with Crippen molar-refractivity contribution < 1.29 is 28.6 Å². The largest absolute Gasteiger partial charge is 0.458 e. The summed E-state index contributed by atoms with van der Waals surface area (Å²) in [6.45, 7) is 1.60. The first-order chi connectivity index (χ1) is 19.7. The summed E-state index contributed by atoms with van der Waals surface area (Å²) in [4.78, 5) is 58.8. The number of aryl methyl sites for hydroxylation is 1. The van der Waals surface area contributed by atoms with Crippen LogP contribution in [0.4, 0.5) is 4.39 Å². The SMILES string of the molecule is CC[C@@]1(O)C(=O)OCc2c1cc1n(c2=O)Cc2c-1nc1ccc(F)c3c1c2CCC3N1C(=O)c2ccccc2C1=O. The van der Waals surface area contributed by atoms with E-state index in [1.54, 1.807) is 47.9 Å². The lowest BCUT2D eigenvalue weighted by atomic mass is 9.83. The maximum atomic E-state index is 15.7. The third kappa shape index (κ3) is 2.89. The van der Waals surface area contributed by atoms with E-state index >= 15 is 4.39 Å². The molecule has 0 radical (unpaired) electrons. The Hall–Kier alpha value is -4.70. The zero-order chi connectivity index (χ0) is 28.4. The number of rotatable bonds is 2. The molecule has 1 N–H and O–H groups in total. The smallest absolute Gasteiger partial charge is 0.343 e. The van der Waals surface area contributed by atoms with Gasteiger partial charge in [0.05, 0.1) is 46.2 Å². The number of amides is 2. The first-order valence-corrected chi connectivity index (χ1v) is 13.5. The van der Waals surface area contributed by atoms with E-state index in [1.165, 1.54) is 6.07 Å². The fourth-order valence-corrected chi connectivity index (χ4v) is 7.04. The van der Waals surface area contributed by atoms with Crippen LogP contribution in [-0.2, 0) is 34.7 Å². The molecule has 204 valence electrons. The highest BCUT2D eigenvalue weighted by Crippen LogP contribution is 2.47. The van der Waals surface area contributed by atoms with Gasteiger partial charge in [-0.05, 0) is 55.2 Å². The minimum Gasteiger partial charge on any atom is -0.458 e. The second-order valence-electron chi connectivity index (χ2n) is 11.0. The van der Waals surface area contributed by atoms with Crippen molar-refractivity contribution in [3.05, 3.63) is 97.6 Å². The average molecular weight is 552 g/mol. The van der Waals surface area contributed by atoms with Crippen molar-refractivity contribution in [1.29, 1.82) is 0 Å². The zero-order valence-corrected chi connectivity index (χ0v) is 21.9. The van der Waals surface area contributed by atoms with Crippen molar-refractivity contribution >= 4 is 28.7 Å². The number of carbonyl (C=O) groups is 3. The number of hydrogen-bond acceptors (Lipinski definition) is 7. The quantitative estimate of drug-likeness (QED) is 0.264. The fourth-order valence-electron chi connectivity index (χ4n) is 7.04. The van der Waals surface area contributed by atoms with E-state index in [4.69, 9.17) is 9.72 Å². The predicted octanol–water partition coefficient (Wildman–Crippen LogP) is 3.50. The summed E-state index contributed by atoms with van der Waals surface area (Å²) in [5, 5.41) is 11.7. The Bertz CT molecular complexity index is 1960. The number of aromatic nitrogens is 2. The molecule has 4 aromatic rings. The summed E-state index contributed by atoms with van der Waals surface area (Å²) in [6.07, 6.45) is 0.774. The van der Waals surface area contributed by atoms with Crippen LogP contribution in [0.1, 0.15) is 74.3 Å². The van der Waals surface area contributed by atoms with Crippen molar-refractivity contribution in [3.8, 4) is 11.4 Å². The molecule has 8 rings (SSSR count). The Kier molecular flexibility index (Phi) is 4.68. The summed E-state index contributed by atoms with van der Waals surface area (Å²) in [6, 6.07) is 10.3. The van der Waals surface area contributed by atoms with Gasteiger partial charge in [-0.15, -0.1) is 0 Å². The zero-order valence-electron chi connectivity index (χ0n) is 21.9. The van der Waals surface area contributed by atoms with Gasteiger partial charge in [0.25, 0.3) is 17.4 Å². The molecular weight excluding hydrogens is 529 g/mol. The molecule has 2 atom stereocenters. The number of nitrogens with zero attached hydrogens (tertiary/aromatic N) is 3. The second kappa shape index (κ2) is 7.94. The fraction of sp³-hybridized carbons (Fsp3) is 0.258. The standard InChI is InChI=1S/C31H22FN3O6/c1-2-31(40)19-11-23-26-17(12-34(23)27(36)18(19)13-41-30(31)39)14-7-10-22(25-20(32)8-9-21(33-26)24(14)25)35-28(37)15-5-3-4-6-16(15)29(35)38/h3-6,8-9,11,22,40H,2,7,10,12-13H2,1H3/t22?,31-/m0/s1. The summed E-state index contributed by atoms with van der Waals surface area (Å²) < 4.78 is 22.4. The van der Waals surface area contributed by atoms with Gasteiger partial charge in [-0.3, -0.25) is 19.3 Å². The Morgan fingerprint density at radius 2 is 1.78 bits per heavy atom. The van der Waals surface area contributed by atoms with Crippen molar-refractivity contribution in [2.75, 3.05) is 0 Å². The molecule has 5 heterocycles. The van der Waals surface area contributed by atoms with Gasteiger partial charge in [-0.25, -0.2) is 14.2 Å². The second-order valence-corrected chi connectivity index (χ2v) is 11.0. The van der Waals surface area contributed by atoms with Crippen LogP contribution in [0.15, 0.2) is 47.3 Å². The van der Waals surface area contributed by atoms with Crippen LogP contribution in [0.2, 0.25) is 0 Å². The minimum atomic E-state index is -1.94. The normalized spacial score (nSPS) is 22.0. The number of esters is 1. The van der Waals surface area contributed by atoms with Crippen molar-refractivity contribution in [1.82, 2.24) is 14.5 Å². The monoisotopic (exact) mass is 551 g/mol. The third-order valence-corrected chi connectivity index (χ3v) is 9.09. The van der Waals surface area contributed by atoms with E-state index < -0.39 is 35.2 Å². The van der Waals surface area contributed by atoms with Crippen LogP contribution in [0.5, 0.6) is 0 Å². The minimum absolute atomic E-state index is 0.0345. The van der Waals surface area contributed by atoms with Gasteiger partial charge >= 0.3 is 5.97 Å². The molecule has 2 amide bonds. The number of carbonyl (C=O) groups excluding carboxylic acids is 3. The van der Waals surface area contributed by atoms with Crippen LogP contribution in [0.25, 0.3) is 22.3 Å². The number of hydrogen-bond donors (Lipinski definition) is 1. The molecule has 1 unspecified atom stereocenters. The number of aliphatic hydroxyl groups is 1. The van der Waals surface area contributed by atoms with E-state index in [1.807, 2.05) is 0 Å². The highest BCUT2D eigenvalue weighted by atomic mass is 19.1. The van der Waals surface area contributed by atoms with Gasteiger partial charge in [0.1, 0.15) is 12.4 Å². The molecule has 41 heavy (non-hydrogen) atoms. The Morgan fingerprint density at radius 1 is 1.05 bits per heavy atom. The molecular formula is C31H22FN3O6. The maximum Gasteiger partial charge on any atom is 0.343 e. The molecule has 3 aliphatic heterocycles. The van der Waals surface area contributed by atoms with Crippen molar-refractivity contribution in [3.63, 3.8) is 0 Å². The predicted molar refractivity (Wildman–Crippen MR) is 142 cm³/mol. The number of ether oxygens (including phenoxy) is 1. The molecule has 1 aliphatic carbocycles. The van der Waals surface area contributed by atoms with E-state index in [0.717, 1.165) is 16.0 Å². The molecule has 0 spiro atoms. The third-order valence-electron chi connectivity index (χ3n) is 9.09. The highest BCUT2D eigenvalue weighted by Gasteiger charge is 2.47. The van der Waals surface area contributed by atoms with Crippen LogP contribution in [-0.4, -0.2) is 37.3 Å². The van der Waals surface area contributed by atoms with Gasteiger partial charge in [-0.2, -0.15) is 0 Å². The number of halogens is 1. The first kappa shape index (κ1) is 24.1. The Morgan fingerprint density at radius 3 is 2.49 bits per heavy atom. The van der Waals surface area contributed by atoms with Gasteiger partial charge in [0, 0.05) is 22.1 Å². The number of cyclic esters (lactones) is 1. The van der Waals surface area contributed by atoms with Gasteiger partial charge in [0.2, 0.25) is 0 Å². The van der Waals surface area contributed by atoms with Gasteiger partial charge in [0.15, 0.2) is 5.60 Å². The van der Waals surface area contributed by atoms with Crippen LogP contribution < -0.4 is 5.56 Å². The molecule has 0 fully saturated rings. The maximum absolute atomic E-state index is 15.7. The highest BCUT2D eigenvalue weighted by molar-refractivity contribution is 6.21. The summed E-state index contributed by atoms with van der Waals surface area (Å²) in [5.74, 6) is -2.23. The molecule has 0 saturated carbocycles. The summed E-state index contributed by atoms with van der Waals surface area (Å²) >= 11 is 0. The van der Waals surface area contributed by atoms with Crippen molar-refractivity contribution in [2.24, 2.45) is 0 Å². The van der Waals surface area contributed by atoms with E-state index in [0.29, 0.717) is 46.3 Å². The van der Waals surface area contributed by atoms with E-state index in [2.05, 4.69) is 0 Å². The summed E-state index contributed by atoms with van der Waals surface area (Å²) in [7, 11) is 0. The molecule has 0 bridgehead atoms. The Labute approximate surface area is 231 Å². The van der Waals surface area contributed by atoms with E-state index in [-0.39, 0.29) is 41.8 Å². The lowest BCUT2D eigenvalue weighted by Gasteiger charge is -2.32. The van der Waals surface area contributed by atoms with Gasteiger partial charge in [-0.1, -0.05) is 19.1 Å². The van der Waals surface area contributed by atoms with Crippen LogP contribution in [0, 0.1) is 5.82 Å². The average Bonchev–Trinajstić information content (AvgIpc) is 3.47. The summed E-state index contributed by atoms with van der Waals surface area (Å²) in [5.41, 5.74) is 2.01. The molecule has 2 aromatic heterocycles. The molecule has 2 aromatic carbocycles. The number of benzene rings is 2. The molecule has 9 nitrogen and oxygen atoms in total. The lowest BCUT2D eigenvalue weighted by Crippen LogP contribution is -2.44. The Balaban J connectivity index is 1.32. The van der Waals surface area contributed by atoms with E-state index in [9.17, 15) is 24.3 Å². The molecule has 4 aliphatic rings. The number of fused-ring (bicyclic) bond motifs is 6. The molecule has 0 saturated heterocycles.